The predicted molar refractivity (Wildman–Crippen MR) is 102 cm³/mol. The quantitative estimate of drug-likeness (QED) is 0.696. The molecule has 3 rings (SSSR count). The molecule has 1 saturated heterocycles. The maximum absolute atomic E-state index is 12.9. The van der Waals surface area contributed by atoms with Crippen LogP contribution in [0.4, 0.5) is 13.2 Å². The van der Waals surface area contributed by atoms with Gasteiger partial charge in [0.2, 0.25) is 0 Å². The highest BCUT2D eigenvalue weighted by Crippen LogP contribution is 2.37. The molecule has 1 aliphatic carbocycles. The molecule has 3 atom stereocenters. The molecule has 1 heterocycles. The Morgan fingerprint density at radius 2 is 2.11 bits per heavy atom. The van der Waals surface area contributed by atoms with Gasteiger partial charge in [-0.2, -0.15) is 13.2 Å². The first-order valence-corrected chi connectivity index (χ1v) is 9.76. The number of alkyl halides is 3. The third kappa shape index (κ3) is 5.39. The second-order valence-corrected chi connectivity index (χ2v) is 8.01. The van der Waals surface area contributed by atoms with Crippen molar-refractivity contribution in [2.45, 2.75) is 44.4 Å². The van der Waals surface area contributed by atoms with E-state index in [2.05, 4.69) is 4.90 Å². The third-order valence-corrected chi connectivity index (χ3v) is 5.80. The van der Waals surface area contributed by atoms with Crippen LogP contribution in [0.5, 0.6) is 0 Å². The zero-order chi connectivity index (χ0) is 20.3. The molecule has 0 bridgehead atoms. The molecule has 0 radical (unpaired) electrons. The van der Waals surface area contributed by atoms with Crippen LogP contribution in [0.2, 0.25) is 5.02 Å². The van der Waals surface area contributed by atoms with E-state index in [4.69, 9.17) is 16.7 Å². The lowest BCUT2D eigenvalue weighted by Crippen LogP contribution is -2.46. The first-order chi connectivity index (χ1) is 13.2. The van der Waals surface area contributed by atoms with Crippen LogP contribution >= 0.6 is 11.6 Å². The number of benzene rings is 1. The zero-order valence-electron chi connectivity index (χ0n) is 15.3. The molecule has 0 spiro atoms. The van der Waals surface area contributed by atoms with Gasteiger partial charge in [-0.25, -0.2) is 0 Å². The topological polar surface area (TPSA) is 40.5 Å². The standard InChI is InChI=1S/C21H23ClF3NO2/c22-18-3-1-2-15(10-18)13-26-9-8-14(12-20(27)28)11-19(26)16-4-6-17(7-5-16)21(23,24)25/h1-4,6-7,10,14,16,19H,5,8-9,11-13H2,(H,27,28)/t14-,16?,19+/m0/s1. The van der Waals surface area contributed by atoms with Crippen molar-refractivity contribution in [3.63, 3.8) is 0 Å². The number of carboxylic acid groups (broad SMARTS) is 1. The van der Waals surface area contributed by atoms with Crippen molar-refractivity contribution in [2.24, 2.45) is 11.8 Å². The van der Waals surface area contributed by atoms with Crippen molar-refractivity contribution in [2.75, 3.05) is 6.54 Å². The van der Waals surface area contributed by atoms with Crippen LogP contribution in [0.1, 0.15) is 31.2 Å². The van der Waals surface area contributed by atoms with E-state index in [1.54, 1.807) is 12.1 Å². The average molecular weight is 414 g/mol. The molecule has 152 valence electrons. The first-order valence-electron chi connectivity index (χ1n) is 9.38. The van der Waals surface area contributed by atoms with Gasteiger partial charge in [-0.1, -0.05) is 42.0 Å². The molecule has 1 fully saturated rings. The number of carboxylic acids is 1. The molecule has 1 aromatic carbocycles. The van der Waals surface area contributed by atoms with Gasteiger partial charge in [-0.05, 0) is 55.3 Å². The van der Waals surface area contributed by atoms with E-state index < -0.39 is 17.7 Å². The van der Waals surface area contributed by atoms with Crippen LogP contribution in [0.3, 0.4) is 0 Å². The highest BCUT2D eigenvalue weighted by Gasteiger charge is 2.37. The van der Waals surface area contributed by atoms with Crippen LogP contribution in [-0.2, 0) is 11.3 Å². The number of halogens is 4. The van der Waals surface area contributed by atoms with Crippen molar-refractivity contribution in [3.8, 4) is 0 Å². The molecule has 0 amide bonds. The summed E-state index contributed by atoms with van der Waals surface area (Å²) in [5, 5.41) is 9.79. The molecular weight excluding hydrogens is 391 g/mol. The minimum atomic E-state index is -4.33. The van der Waals surface area contributed by atoms with E-state index in [9.17, 15) is 18.0 Å². The molecule has 0 saturated carbocycles. The molecule has 28 heavy (non-hydrogen) atoms. The molecule has 7 heteroatoms. The van der Waals surface area contributed by atoms with Gasteiger partial charge in [-0.15, -0.1) is 0 Å². The Morgan fingerprint density at radius 3 is 2.71 bits per heavy atom. The molecule has 1 N–H and O–H groups in total. The van der Waals surface area contributed by atoms with Crippen molar-refractivity contribution >= 4 is 17.6 Å². The van der Waals surface area contributed by atoms with Gasteiger partial charge in [0.25, 0.3) is 0 Å². The van der Waals surface area contributed by atoms with Gasteiger partial charge in [0.05, 0.1) is 5.57 Å². The highest BCUT2D eigenvalue weighted by molar-refractivity contribution is 6.30. The van der Waals surface area contributed by atoms with Crippen LogP contribution in [0, 0.1) is 11.8 Å². The van der Waals surface area contributed by atoms with Crippen LogP contribution in [0.25, 0.3) is 0 Å². The van der Waals surface area contributed by atoms with E-state index >= 15 is 0 Å². The van der Waals surface area contributed by atoms with Crippen molar-refractivity contribution in [1.82, 2.24) is 4.90 Å². The normalized spacial score (nSPS) is 26.1. The van der Waals surface area contributed by atoms with Gasteiger partial charge in [0, 0.05) is 24.0 Å². The molecule has 1 aromatic rings. The SMILES string of the molecule is O=C(O)C[C@H]1CCN(Cc2cccc(Cl)c2)[C@@H](C2C=CC(C(F)(F)F)=CC2)C1. The van der Waals surface area contributed by atoms with Gasteiger partial charge in [0.15, 0.2) is 0 Å². The molecule has 3 nitrogen and oxygen atoms in total. The Hall–Kier alpha value is -1.79. The van der Waals surface area contributed by atoms with Gasteiger partial charge < -0.3 is 5.11 Å². The smallest absolute Gasteiger partial charge is 0.416 e. The Balaban J connectivity index is 1.76. The van der Waals surface area contributed by atoms with Gasteiger partial charge in [0.1, 0.15) is 0 Å². The Kier molecular flexibility index (Phi) is 6.50. The number of piperidine rings is 1. The van der Waals surface area contributed by atoms with E-state index in [-0.39, 0.29) is 24.3 Å². The second-order valence-electron chi connectivity index (χ2n) is 7.57. The lowest BCUT2D eigenvalue weighted by Gasteiger charge is -2.43. The highest BCUT2D eigenvalue weighted by atomic mass is 35.5. The summed E-state index contributed by atoms with van der Waals surface area (Å²) >= 11 is 6.08. The summed E-state index contributed by atoms with van der Waals surface area (Å²) in [5.74, 6) is -0.855. The maximum Gasteiger partial charge on any atom is 0.416 e. The number of allylic oxidation sites excluding steroid dienone is 3. The number of hydrogen-bond acceptors (Lipinski definition) is 2. The summed E-state index contributed by atoms with van der Waals surface area (Å²) in [6.07, 6.45) is 1.56. The van der Waals surface area contributed by atoms with Crippen molar-refractivity contribution in [1.29, 1.82) is 0 Å². The number of carbonyl (C=O) groups is 1. The fourth-order valence-electron chi connectivity index (χ4n) is 4.20. The van der Waals surface area contributed by atoms with Crippen molar-refractivity contribution < 1.29 is 23.1 Å². The number of nitrogens with zero attached hydrogens (tertiary/aromatic N) is 1. The summed E-state index contributed by atoms with van der Waals surface area (Å²) in [7, 11) is 0. The Morgan fingerprint density at radius 1 is 1.32 bits per heavy atom. The summed E-state index contributed by atoms with van der Waals surface area (Å²) in [6, 6.07) is 7.54. The van der Waals surface area contributed by atoms with Crippen LogP contribution < -0.4 is 0 Å². The number of aliphatic carboxylic acids is 1. The summed E-state index contributed by atoms with van der Waals surface area (Å²) in [4.78, 5) is 13.4. The van der Waals surface area contributed by atoms with Gasteiger partial charge >= 0.3 is 12.1 Å². The number of rotatable bonds is 5. The first kappa shape index (κ1) is 20.9. The monoisotopic (exact) mass is 413 g/mol. The molecular formula is C21H23ClF3NO2. The molecule has 1 aliphatic heterocycles. The van der Waals surface area contributed by atoms with E-state index in [1.165, 1.54) is 6.08 Å². The second kappa shape index (κ2) is 8.70. The summed E-state index contributed by atoms with van der Waals surface area (Å²) in [5.41, 5.74) is 0.434. The third-order valence-electron chi connectivity index (χ3n) is 5.56. The number of likely N-dealkylation sites (tertiary alicyclic amines) is 1. The van der Waals surface area contributed by atoms with Crippen LogP contribution in [0.15, 0.2) is 48.1 Å². The lowest BCUT2D eigenvalue weighted by molar-refractivity contribution is -0.138. The minimum Gasteiger partial charge on any atom is -0.481 e. The Labute approximate surface area is 167 Å². The van der Waals surface area contributed by atoms with E-state index in [0.29, 0.717) is 24.4 Å². The minimum absolute atomic E-state index is 0.000588. The number of hydrogen-bond donors (Lipinski definition) is 1. The van der Waals surface area contributed by atoms with E-state index in [0.717, 1.165) is 24.6 Å². The predicted octanol–water partition coefficient (Wildman–Crippen LogP) is 5.46. The maximum atomic E-state index is 12.9. The molecule has 1 unspecified atom stereocenters. The lowest BCUT2D eigenvalue weighted by atomic mass is 9.79. The summed E-state index contributed by atoms with van der Waals surface area (Å²) in [6.45, 7) is 1.36. The van der Waals surface area contributed by atoms with Crippen molar-refractivity contribution in [3.05, 3.63) is 58.7 Å². The molecule has 0 aromatic heterocycles. The fourth-order valence-corrected chi connectivity index (χ4v) is 4.41. The average Bonchev–Trinajstić information content (AvgIpc) is 2.62. The fraction of sp³-hybridized carbons (Fsp3) is 0.476. The van der Waals surface area contributed by atoms with Gasteiger partial charge in [-0.3, -0.25) is 9.69 Å². The Bertz CT molecular complexity index is 775. The zero-order valence-corrected chi connectivity index (χ0v) is 16.1. The molecule has 2 aliphatic rings. The van der Waals surface area contributed by atoms with E-state index in [1.807, 2.05) is 18.2 Å². The van der Waals surface area contributed by atoms with Crippen LogP contribution in [-0.4, -0.2) is 34.7 Å². The largest absolute Gasteiger partial charge is 0.481 e. The summed E-state index contributed by atoms with van der Waals surface area (Å²) < 4.78 is 38.7.